The summed E-state index contributed by atoms with van der Waals surface area (Å²) in [5.41, 5.74) is 5.01. The van der Waals surface area contributed by atoms with Crippen molar-refractivity contribution in [2.75, 3.05) is 6.61 Å². The van der Waals surface area contributed by atoms with Gasteiger partial charge in [-0.05, 0) is 98.8 Å². The molecule has 46 heavy (non-hydrogen) atoms. The van der Waals surface area contributed by atoms with Crippen LogP contribution in [0.4, 0.5) is 4.79 Å². The molecule has 1 amide bonds. The van der Waals surface area contributed by atoms with Crippen molar-refractivity contribution < 1.29 is 18.4 Å². The molecular formula is C39H75NO4Si2. The standard InChI is InChI=1S/C39H75NO4Si2/c1-13-18-19-24-27-37(43-45(15-3,16-4)17-5)28-25-22-20-21-23-26-36-29-30-38(35(12)40(36)39(41)42-31-14-2)44-46(32(6)7,33(8)9)34(10)11/h14,20,25,32-38H,2,13,15-19,21,23-24,26-31H2,1,3-12H3/t22?,35-,36-,37?,38+/m0/s1. The van der Waals surface area contributed by atoms with Crippen molar-refractivity contribution in [1.82, 2.24) is 4.90 Å². The zero-order valence-corrected chi connectivity index (χ0v) is 34.2. The number of carbonyl (C=O) groups excluding carboxylic acids is 1. The van der Waals surface area contributed by atoms with Crippen LogP contribution in [-0.2, 0) is 13.6 Å². The summed E-state index contributed by atoms with van der Waals surface area (Å²) in [5.74, 6) is 0. The molecule has 0 spiro atoms. The Balaban J connectivity index is 2.92. The van der Waals surface area contributed by atoms with E-state index in [1.54, 1.807) is 6.08 Å². The SMILES string of the molecule is C=CCOC(=O)N1[C@@H](CCCC=C=CCC(CCCCCC)O[Si](CC)(CC)CC)CC[C@@H](O[Si](C(C)C)(C(C)C)C(C)C)[C@@H]1C. The van der Waals surface area contributed by atoms with Crippen LogP contribution in [0.2, 0.25) is 34.8 Å². The van der Waals surface area contributed by atoms with Crippen molar-refractivity contribution in [2.24, 2.45) is 0 Å². The van der Waals surface area contributed by atoms with Gasteiger partial charge in [-0.3, -0.25) is 4.90 Å². The van der Waals surface area contributed by atoms with Gasteiger partial charge in [0.25, 0.3) is 0 Å². The van der Waals surface area contributed by atoms with E-state index in [0.717, 1.165) is 44.9 Å². The number of amides is 1. The minimum Gasteiger partial charge on any atom is -0.445 e. The predicted molar refractivity (Wildman–Crippen MR) is 204 cm³/mol. The Labute approximate surface area is 288 Å². The molecule has 0 bridgehead atoms. The van der Waals surface area contributed by atoms with Crippen LogP contribution in [0.3, 0.4) is 0 Å². The molecule has 1 aliphatic heterocycles. The first-order chi connectivity index (χ1) is 21.9. The maximum atomic E-state index is 13.4. The number of piperidine rings is 1. The van der Waals surface area contributed by atoms with Crippen LogP contribution < -0.4 is 0 Å². The summed E-state index contributed by atoms with van der Waals surface area (Å²) < 4.78 is 19.8. The fraction of sp³-hybridized carbons (Fsp3) is 0.846. The number of likely N-dealkylation sites (tertiary alicyclic amines) is 1. The normalized spacial score (nSPS) is 19.8. The van der Waals surface area contributed by atoms with Crippen LogP contribution in [0.1, 0.15) is 147 Å². The lowest BCUT2D eigenvalue weighted by Crippen LogP contribution is -2.60. The summed E-state index contributed by atoms with van der Waals surface area (Å²) >= 11 is 0. The first-order valence-corrected chi connectivity index (χ1v) is 23.9. The highest BCUT2D eigenvalue weighted by Crippen LogP contribution is 2.45. The molecule has 0 aromatic heterocycles. The average molecular weight is 678 g/mol. The first kappa shape index (κ1) is 42.9. The number of rotatable bonds is 23. The summed E-state index contributed by atoms with van der Waals surface area (Å²) in [6, 6.07) is 3.74. The second-order valence-corrected chi connectivity index (χ2v) is 24.9. The lowest BCUT2D eigenvalue weighted by atomic mass is 9.91. The monoisotopic (exact) mass is 678 g/mol. The maximum Gasteiger partial charge on any atom is 0.410 e. The smallest absolute Gasteiger partial charge is 0.410 e. The largest absolute Gasteiger partial charge is 0.445 e. The van der Waals surface area contributed by atoms with E-state index < -0.39 is 16.6 Å². The van der Waals surface area contributed by atoms with Gasteiger partial charge in [-0.2, -0.15) is 0 Å². The Kier molecular flexibility index (Phi) is 21.0. The van der Waals surface area contributed by atoms with Gasteiger partial charge in [-0.25, -0.2) is 4.79 Å². The second kappa shape index (κ2) is 22.5. The third-order valence-electron chi connectivity index (χ3n) is 11.0. The van der Waals surface area contributed by atoms with Crippen LogP contribution in [0.15, 0.2) is 30.5 Å². The molecule has 0 aliphatic carbocycles. The van der Waals surface area contributed by atoms with Crippen molar-refractivity contribution in [1.29, 1.82) is 0 Å². The molecule has 1 heterocycles. The van der Waals surface area contributed by atoms with Crippen molar-refractivity contribution in [3.05, 3.63) is 30.5 Å². The topological polar surface area (TPSA) is 48.0 Å². The minimum absolute atomic E-state index is 0.0195. The Hall–Kier alpha value is -1.12. The molecule has 0 radical (unpaired) electrons. The average Bonchev–Trinajstić information content (AvgIpc) is 3.02. The molecule has 7 heteroatoms. The van der Waals surface area contributed by atoms with E-state index in [0.29, 0.717) is 22.7 Å². The highest BCUT2D eigenvalue weighted by atomic mass is 28.4. The fourth-order valence-corrected chi connectivity index (χ4v) is 16.7. The van der Waals surface area contributed by atoms with Crippen LogP contribution >= 0.6 is 0 Å². The number of hydrogen-bond donors (Lipinski definition) is 0. The van der Waals surface area contributed by atoms with E-state index in [4.69, 9.17) is 13.6 Å². The van der Waals surface area contributed by atoms with E-state index in [9.17, 15) is 4.79 Å². The predicted octanol–water partition coefficient (Wildman–Crippen LogP) is 12.4. The number of ether oxygens (including phenoxy) is 1. The Morgan fingerprint density at radius 1 is 0.913 bits per heavy atom. The summed E-state index contributed by atoms with van der Waals surface area (Å²) in [4.78, 5) is 15.4. The Bertz CT molecular complexity index is 880. The van der Waals surface area contributed by atoms with Gasteiger partial charge >= 0.3 is 6.09 Å². The summed E-state index contributed by atoms with van der Waals surface area (Å²) in [6.07, 6.45) is 18.3. The van der Waals surface area contributed by atoms with Crippen LogP contribution in [0.25, 0.3) is 0 Å². The van der Waals surface area contributed by atoms with E-state index in [-0.39, 0.29) is 30.9 Å². The number of carbonyl (C=O) groups is 1. The molecule has 1 saturated heterocycles. The molecule has 0 aromatic rings. The third kappa shape index (κ3) is 12.7. The number of hydrogen-bond acceptors (Lipinski definition) is 4. The van der Waals surface area contributed by atoms with Gasteiger partial charge in [0.05, 0.1) is 12.1 Å². The lowest BCUT2D eigenvalue weighted by molar-refractivity contribution is -0.0101. The third-order valence-corrected chi connectivity index (χ3v) is 21.8. The molecule has 268 valence electrons. The summed E-state index contributed by atoms with van der Waals surface area (Å²) in [6.45, 7) is 29.4. The Morgan fingerprint density at radius 3 is 2.09 bits per heavy atom. The molecule has 1 unspecified atom stereocenters. The van der Waals surface area contributed by atoms with E-state index >= 15 is 0 Å². The zero-order chi connectivity index (χ0) is 34.8. The first-order valence-electron chi connectivity index (χ1n) is 19.2. The molecule has 4 atom stereocenters. The van der Waals surface area contributed by atoms with Crippen LogP contribution in [0, 0.1) is 0 Å². The van der Waals surface area contributed by atoms with Gasteiger partial charge in [0.15, 0.2) is 8.32 Å². The van der Waals surface area contributed by atoms with Crippen LogP contribution in [0.5, 0.6) is 0 Å². The zero-order valence-electron chi connectivity index (χ0n) is 32.2. The van der Waals surface area contributed by atoms with E-state index in [2.05, 4.69) is 101 Å². The highest BCUT2D eigenvalue weighted by molar-refractivity contribution is 6.77. The van der Waals surface area contributed by atoms with Crippen molar-refractivity contribution in [3.8, 4) is 0 Å². The number of nitrogens with zero attached hydrogens (tertiary/aromatic N) is 1. The molecule has 0 saturated carbocycles. The van der Waals surface area contributed by atoms with Gasteiger partial charge in [-0.1, -0.05) is 108 Å². The van der Waals surface area contributed by atoms with Crippen molar-refractivity contribution >= 4 is 22.7 Å². The van der Waals surface area contributed by atoms with Gasteiger partial charge in [0.1, 0.15) is 6.61 Å². The summed E-state index contributed by atoms with van der Waals surface area (Å²) in [5, 5.41) is 0. The quantitative estimate of drug-likeness (QED) is 0.0467. The second-order valence-electron chi connectivity index (χ2n) is 14.8. The molecule has 1 aliphatic rings. The van der Waals surface area contributed by atoms with E-state index in [1.807, 2.05) is 4.90 Å². The lowest BCUT2D eigenvalue weighted by Gasteiger charge is -2.50. The fourth-order valence-electron chi connectivity index (χ4n) is 8.08. The molecular weight excluding hydrogens is 603 g/mol. The van der Waals surface area contributed by atoms with Gasteiger partial charge in [-0.15, -0.1) is 5.73 Å². The highest BCUT2D eigenvalue weighted by Gasteiger charge is 2.49. The summed E-state index contributed by atoms with van der Waals surface area (Å²) in [7, 11) is -3.70. The maximum absolute atomic E-state index is 13.4. The Morgan fingerprint density at radius 2 is 1.54 bits per heavy atom. The molecule has 0 N–H and O–H groups in total. The van der Waals surface area contributed by atoms with Gasteiger partial charge in [0, 0.05) is 12.1 Å². The number of unbranched alkanes of at least 4 members (excludes halogenated alkanes) is 4. The molecule has 5 nitrogen and oxygen atoms in total. The van der Waals surface area contributed by atoms with Crippen molar-refractivity contribution in [2.45, 2.75) is 206 Å². The van der Waals surface area contributed by atoms with E-state index in [1.165, 1.54) is 43.8 Å². The minimum atomic E-state index is -2.07. The molecule has 0 aromatic carbocycles. The van der Waals surface area contributed by atoms with Gasteiger partial charge < -0.3 is 13.6 Å². The van der Waals surface area contributed by atoms with Gasteiger partial charge in [0.2, 0.25) is 8.32 Å². The molecule has 1 rings (SSSR count). The van der Waals surface area contributed by atoms with Crippen molar-refractivity contribution in [3.63, 3.8) is 0 Å². The van der Waals surface area contributed by atoms with Crippen LogP contribution in [-0.4, -0.2) is 58.5 Å². The molecule has 1 fully saturated rings.